The van der Waals surface area contributed by atoms with E-state index in [1.807, 2.05) is 6.92 Å². The van der Waals surface area contributed by atoms with Crippen molar-refractivity contribution in [3.63, 3.8) is 0 Å². The molecule has 0 heterocycles. The Balaban J connectivity index is 2.14. The van der Waals surface area contributed by atoms with E-state index in [4.69, 9.17) is 0 Å². The fraction of sp³-hybridized carbons (Fsp3) is 0.688. The molecule has 0 aromatic carbocycles. The topological polar surface area (TPSA) is 17.1 Å². The van der Waals surface area contributed by atoms with Crippen LogP contribution in [0.5, 0.6) is 0 Å². The average molecular weight is 484 g/mol. The Kier molecular flexibility index (Phi) is 4.86. The van der Waals surface area contributed by atoms with Gasteiger partial charge in [-0.15, -0.1) is 0 Å². The van der Waals surface area contributed by atoms with Gasteiger partial charge in [-0.2, -0.15) is 0 Å². The van der Waals surface area contributed by atoms with Gasteiger partial charge in [0.2, 0.25) is 0 Å². The first-order valence-electron chi connectivity index (χ1n) is 7.01. The van der Waals surface area contributed by atoms with Gasteiger partial charge >= 0.3 is 0 Å². The number of hydrogen-bond acceptors (Lipinski definition) is 1. The van der Waals surface area contributed by atoms with Crippen molar-refractivity contribution in [2.75, 3.05) is 0 Å². The maximum absolute atomic E-state index is 12.3. The molecule has 1 nitrogen and oxygen atoms in total. The summed E-state index contributed by atoms with van der Waals surface area (Å²) in [4.78, 5) is 12.3. The van der Waals surface area contributed by atoms with Crippen LogP contribution >= 0.6 is 45.2 Å². The molecular weight excluding hydrogens is 462 g/mol. The SMILES string of the molecule is CC1=CC(C)(I)CC(CC2=CC(C)(I)CCC2)C1=O. The molecule has 3 heteroatoms. The minimum absolute atomic E-state index is 0.142. The molecule has 0 N–H and O–H groups in total. The maximum atomic E-state index is 12.3. The Morgan fingerprint density at radius 1 is 1.26 bits per heavy atom. The summed E-state index contributed by atoms with van der Waals surface area (Å²) >= 11 is 5.03. The van der Waals surface area contributed by atoms with Crippen LogP contribution in [0, 0.1) is 5.92 Å². The van der Waals surface area contributed by atoms with Gasteiger partial charge in [0.15, 0.2) is 5.78 Å². The Labute approximate surface area is 144 Å². The molecule has 19 heavy (non-hydrogen) atoms. The molecule has 0 fully saturated rings. The van der Waals surface area contributed by atoms with Gasteiger partial charge in [-0.25, -0.2) is 0 Å². The van der Waals surface area contributed by atoms with Crippen molar-refractivity contribution in [3.8, 4) is 0 Å². The first-order chi connectivity index (χ1) is 8.69. The monoisotopic (exact) mass is 484 g/mol. The van der Waals surface area contributed by atoms with Crippen LogP contribution < -0.4 is 0 Å². The van der Waals surface area contributed by atoms with Crippen LogP contribution in [0.2, 0.25) is 0 Å². The zero-order valence-corrected chi connectivity index (χ0v) is 16.2. The van der Waals surface area contributed by atoms with Gasteiger partial charge in [0.05, 0.1) is 0 Å². The van der Waals surface area contributed by atoms with Gasteiger partial charge in [-0.3, -0.25) is 4.79 Å². The third-order valence-corrected chi connectivity index (χ3v) is 5.70. The standard InChI is InChI=1S/C16H22I2O/c1-11-8-16(3,18)10-13(14(11)19)7-12-5-4-6-15(2,17)9-12/h8-9,13H,4-7,10H2,1-3H3. The van der Waals surface area contributed by atoms with Crippen LogP contribution in [-0.4, -0.2) is 12.6 Å². The van der Waals surface area contributed by atoms with Crippen molar-refractivity contribution in [2.45, 2.75) is 59.7 Å². The molecule has 0 aliphatic heterocycles. The van der Waals surface area contributed by atoms with Crippen LogP contribution in [-0.2, 0) is 4.79 Å². The number of carbonyl (C=O) groups excluding carboxylic acids is 1. The van der Waals surface area contributed by atoms with E-state index >= 15 is 0 Å². The zero-order chi connectivity index (χ0) is 14.3. The fourth-order valence-corrected chi connectivity index (χ4v) is 5.17. The summed E-state index contributed by atoms with van der Waals surface area (Å²) in [6.45, 7) is 6.50. The number of carbonyl (C=O) groups is 1. The summed E-state index contributed by atoms with van der Waals surface area (Å²) in [5.41, 5.74) is 2.46. The van der Waals surface area contributed by atoms with E-state index in [0.29, 0.717) is 9.20 Å². The number of hydrogen-bond donors (Lipinski definition) is 0. The molecule has 2 rings (SSSR count). The summed E-state index contributed by atoms with van der Waals surface area (Å²) in [5.74, 6) is 0.569. The maximum Gasteiger partial charge on any atom is 0.161 e. The summed E-state index contributed by atoms with van der Waals surface area (Å²) in [5, 5.41) is 0. The van der Waals surface area contributed by atoms with E-state index in [1.165, 1.54) is 24.8 Å². The minimum Gasteiger partial charge on any atom is -0.294 e. The number of ketones is 1. The van der Waals surface area contributed by atoms with E-state index in [-0.39, 0.29) is 9.34 Å². The van der Waals surface area contributed by atoms with Gasteiger partial charge < -0.3 is 0 Å². The summed E-state index contributed by atoms with van der Waals surface area (Å²) in [7, 11) is 0. The van der Waals surface area contributed by atoms with Crippen molar-refractivity contribution >= 4 is 51.0 Å². The normalized spacial score (nSPS) is 39.8. The van der Waals surface area contributed by atoms with Gasteiger partial charge in [0.1, 0.15) is 0 Å². The highest BCUT2D eigenvalue weighted by molar-refractivity contribution is 14.1. The number of alkyl halides is 2. The molecule has 0 saturated heterocycles. The highest BCUT2D eigenvalue weighted by atomic mass is 127. The molecule has 0 amide bonds. The van der Waals surface area contributed by atoms with Crippen molar-refractivity contribution in [3.05, 3.63) is 23.3 Å². The number of Topliss-reactive ketones (excluding diaryl/α,β-unsaturated/α-hetero) is 1. The lowest BCUT2D eigenvalue weighted by Crippen LogP contribution is -2.31. The molecule has 2 aliphatic rings. The lowest BCUT2D eigenvalue weighted by atomic mass is 9.77. The van der Waals surface area contributed by atoms with Crippen LogP contribution in [0.3, 0.4) is 0 Å². The molecule has 0 aromatic rings. The molecule has 3 unspecified atom stereocenters. The Morgan fingerprint density at radius 2 is 1.95 bits per heavy atom. The summed E-state index contributed by atoms with van der Waals surface area (Å²) in [6, 6.07) is 0. The quantitative estimate of drug-likeness (QED) is 0.291. The van der Waals surface area contributed by atoms with Crippen molar-refractivity contribution < 1.29 is 4.79 Å². The van der Waals surface area contributed by atoms with Gasteiger partial charge in [0.25, 0.3) is 0 Å². The fourth-order valence-electron chi connectivity index (χ4n) is 3.35. The third-order valence-electron chi connectivity index (χ3n) is 4.10. The minimum atomic E-state index is 0.142. The van der Waals surface area contributed by atoms with Crippen molar-refractivity contribution in [1.29, 1.82) is 0 Å². The Morgan fingerprint density at radius 3 is 2.58 bits per heavy atom. The van der Waals surface area contributed by atoms with Crippen LogP contribution in [0.4, 0.5) is 0 Å². The number of halogens is 2. The second-order valence-corrected chi connectivity index (χ2v) is 11.4. The molecule has 0 spiro atoms. The van der Waals surface area contributed by atoms with Crippen molar-refractivity contribution in [2.24, 2.45) is 5.92 Å². The molecule has 0 radical (unpaired) electrons. The summed E-state index contributed by atoms with van der Waals surface area (Å²) in [6.07, 6.45) is 10.2. The number of rotatable bonds is 2. The number of allylic oxidation sites excluding steroid dienone is 4. The molecule has 0 saturated carbocycles. The molecule has 0 aromatic heterocycles. The van der Waals surface area contributed by atoms with E-state index in [1.54, 1.807) is 0 Å². The third kappa shape index (κ3) is 4.29. The highest BCUT2D eigenvalue weighted by Crippen LogP contribution is 2.41. The smallest absolute Gasteiger partial charge is 0.161 e. The second kappa shape index (κ2) is 5.78. The average Bonchev–Trinajstić information content (AvgIpc) is 2.23. The summed E-state index contributed by atoms with van der Waals surface area (Å²) < 4.78 is 0.435. The van der Waals surface area contributed by atoms with E-state index < -0.39 is 0 Å². The molecule has 2 aliphatic carbocycles. The van der Waals surface area contributed by atoms with E-state index in [0.717, 1.165) is 18.4 Å². The Bertz CT molecular complexity index is 444. The largest absolute Gasteiger partial charge is 0.294 e. The Hall–Kier alpha value is 0.610. The van der Waals surface area contributed by atoms with Crippen molar-refractivity contribution in [1.82, 2.24) is 0 Å². The van der Waals surface area contributed by atoms with Gasteiger partial charge in [0, 0.05) is 12.8 Å². The second-order valence-electron chi connectivity index (χ2n) is 6.51. The van der Waals surface area contributed by atoms with Crippen LogP contribution in [0.25, 0.3) is 0 Å². The molecule has 3 atom stereocenters. The molecule has 0 bridgehead atoms. The van der Waals surface area contributed by atoms with Crippen LogP contribution in [0.1, 0.15) is 52.9 Å². The first kappa shape index (κ1) is 16.0. The predicted octanol–water partition coefficient (Wildman–Crippen LogP) is 5.41. The predicted molar refractivity (Wildman–Crippen MR) is 98.3 cm³/mol. The van der Waals surface area contributed by atoms with Crippen LogP contribution in [0.15, 0.2) is 23.3 Å². The highest BCUT2D eigenvalue weighted by Gasteiger charge is 2.35. The van der Waals surface area contributed by atoms with Gasteiger partial charge in [-0.05, 0) is 58.4 Å². The molecule has 106 valence electrons. The first-order valence-corrected chi connectivity index (χ1v) is 9.16. The lowest BCUT2D eigenvalue weighted by Gasteiger charge is -2.33. The lowest BCUT2D eigenvalue weighted by molar-refractivity contribution is -0.119. The zero-order valence-electron chi connectivity index (χ0n) is 11.9. The van der Waals surface area contributed by atoms with E-state index in [9.17, 15) is 4.79 Å². The van der Waals surface area contributed by atoms with E-state index in [2.05, 4.69) is 71.2 Å². The van der Waals surface area contributed by atoms with Gasteiger partial charge in [-0.1, -0.05) is 62.9 Å². The molecular formula is C16H22I2O.